The number of carbonyl (C=O) groups excluding carboxylic acids is 1. The quantitative estimate of drug-likeness (QED) is 0.697. The lowest BCUT2D eigenvalue weighted by Gasteiger charge is -2.38. The first-order valence-electron chi connectivity index (χ1n) is 8.99. The summed E-state index contributed by atoms with van der Waals surface area (Å²) in [5.74, 6) is 1.26. The highest BCUT2D eigenvalue weighted by atomic mass is 35.5. The number of nitrogens with one attached hydrogen (secondary N) is 1. The number of thioether (sulfide) groups is 1. The van der Waals surface area contributed by atoms with E-state index < -0.39 is 0 Å². The Morgan fingerprint density at radius 2 is 1.81 bits per heavy atom. The van der Waals surface area contributed by atoms with E-state index in [1.54, 1.807) is 7.11 Å². The maximum absolute atomic E-state index is 12.4. The Hall–Kier alpha value is -1.69. The number of hydrogen-bond acceptors (Lipinski definition) is 4. The Bertz CT molecular complexity index is 743. The van der Waals surface area contributed by atoms with Crippen molar-refractivity contribution in [3.8, 4) is 5.75 Å². The third-order valence-corrected chi connectivity index (χ3v) is 6.22. The number of carbonyl (C=O) groups is 1. The fraction of sp³-hybridized carbons (Fsp3) is 0.381. The van der Waals surface area contributed by atoms with Gasteiger partial charge in [-0.2, -0.15) is 0 Å². The summed E-state index contributed by atoms with van der Waals surface area (Å²) < 4.78 is 10.8. The van der Waals surface area contributed by atoms with Crippen LogP contribution in [-0.4, -0.2) is 38.5 Å². The predicted octanol–water partition coefficient (Wildman–Crippen LogP) is 4.31. The van der Waals surface area contributed by atoms with Crippen LogP contribution in [0.1, 0.15) is 18.4 Å². The summed E-state index contributed by atoms with van der Waals surface area (Å²) in [6.45, 7) is 2.03. The van der Waals surface area contributed by atoms with Crippen molar-refractivity contribution < 1.29 is 14.3 Å². The van der Waals surface area contributed by atoms with Crippen LogP contribution >= 0.6 is 23.4 Å². The highest BCUT2D eigenvalue weighted by molar-refractivity contribution is 8.00. The first-order valence-corrected chi connectivity index (χ1v) is 10.3. The number of ether oxygens (including phenoxy) is 2. The Balaban J connectivity index is 1.60. The number of hydrogen-bond donors (Lipinski definition) is 1. The van der Waals surface area contributed by atoms with Crippen molar-refractivity contribution >= 4 is 29.3 Å². The fourth-order valence-electron chi connectivity index (χ4n) is 3.27. The van der Waals surface area contributed by atoms with Crippen LogP contribution in [-0.2, 0) is 14.9 Å². The molecule has 0 aliphatic carbocycles. The van der Waals surface area contributed by atoms with E-state index in [2.05, 4.69) is 17.4 Å². The highest BCUT2D eigenvalue weighted by Crippen LogP contribution is 2.35. The van der Waals surface area contributed by atoms with Gasteiger partial charge < -0.3 is 14.8 Å². The fourth-order valence-corrected chi connectivity index (χ4v) is 4.13. The zero-order chi connectivity index (χ0) is 19.1. The molecule has 1 aliphatic rings. The van der Waals surface area contributed by atoms with Gasteiger partial charge in [-0.25, -0.2) is 0 Å². The number of amides is 1. The molecular formula is C21H24ClNO3S. The Labute approximate surface area is 169 Å². The zero-order valence-corrected chi connectivity index (χ0v) is 16.9. The first-order chi connectivity index (χ1) is 13.1. The van der Waals surface area contributed by atoms with Crippen molar-refractivity contribution in [2.75, 3.05) is 32.6 Å². The second-order valence-electron chi connectivity index (χ2n) is 6.64. The molecule has 1 saturated heterocycles. The molecule has 0 unspecified atom stereocenters. The topological polar surface area (TPSA) is 47.6 Å². The molecule has 27 heavy (non-hydrogen) atoms. The molecule has 4 nitrogen and oxygen atoms in total. The molecule has 1 amide bonds. The SMILES string of the molecule is COc1ccc(C2(CNC(=O)CSc3ccc(Cl)cc3)CCOCC2)cc1. The van der Waals surface area contributed by atoms with Crippen LogP contribution in [0.2, 0.25) is 5.02 Å². The van der Waals surface area contributed by atoms with Gasteiger partial charge in [-0.1, -0.05) is 23.7 Å². The Kier molecular flexibility index (Phi) is 7.05. The van der Waals surface area contributed by atoms with Gasteiger partial charge in [0.15, 0.2) is 0 Å². The van der Waals surface area contributed by atoms with Crippen LogP contribution in [0, 0.1) is 0 Å². The number of benzene rings is 2. The van der Waals surface area contributed by atoms with Gasteiger partial charge in [0.2, 0.25) is 5.91 Å². The van der Waals surface area contributed by atoms with Crippen molar-refractivity contribution in [1.82, 2.24) is 5.32 Å². The van der Waals surface area contributed by atoms with Crippen LogP contribution < -0.4 is 10.1 Å². The summed E-state index contributed by atoms with van der Waals surface area (Å²) >= 11 is 7.41. The van der Waals surface area contributed by atoms with Gasteiger partial charge in [-0.15, -0.1) is 11.8 Å². The Morgan fingerprint density at radius 1 is 1.15 bits per heavy atom. The lowest BCUT2D eigenvalue weighted by Crippen LogP contribution is -2.45. The van der Waals surface area contributed by atoms with Gasteiger partial charge in [-0.05, 0) is 54.8 Å². The predicted molar refractivity (Wildman–Crippen MR) is 110 cm³/mol. The standard InChI is InChI=1S/C21H24ClNO3S/c1-25-18-6-2-16(3-7-18)21(10-12-26-13-11-21)15-23-20(24)14-27-19-8-4-17(22)5-9-19/h2-9H,10-15H2,1H3,(H,23,24). The molecule has 1 N–H and O–H groups in total. The molecule has 2 aromatic rings. The molecule has 3 rings (SSSR count). The summed E-state index contributed by atoms with van der Waals surface area (Å²) in [6, 6.07) is 15.7. The molecule has 0 atom stereocenters. The number of rotatable bonds is 7. The number of methoxy groups -OCH3 is 1. The molecular weight excluding hydrogens is 382 g/mol. The van der Waals surface area contributed by atoms with E-state index in [-0.39, 0.29) is 11.3 Å². The molecule has 0 saturated carbocycles. The van der Waals surface area contributed by atoms with Gasteiger partial charge >= 0.3 is 0 Å². The highest BCUT2D eigenvalue weighted by Gasteiger charge is 2.34. The van der Waals surface area contributed by atoms with Crippen molar-refractivity contribution in [2.45, 2.75) is 23.2 Å². The molecule has 2 aromatic carbocycles. The second-order valence-corrected chi connectivity index (χ2v) is 8.13. The van der Waals surface area contributed by atoms with Crippen molar-refractivity contribution in [1.29, 1.82) is 0 Å². The largest absolute Gasteiger partial charge is 0.497 e. The van der Waals surface area contributed by atoms with Crippen molar-refractivity contribution in [3.63, 3.8) is 0 Å². The van der Waals surface area contributed by atoms with Crippen molar-refractivity contribution in [3.05, 3.63) is 59.1 Å². The van der Waals surface area contributed by atoms with Crippen LogP contribution in [0.25, 0.3) is 0 Å². The van der Waals surface area contributed by atoms with Crippen molar-refractivity contribution in [2.24, 2.45) is 0 Å². The number of halogens is 1. The van der Waals surface area contributed by atoms with Crippen LogP contribution in [0.4, 0.5) is 0 Å². The third-order valence-electron chi connectivity index (χ3n) is 4.96. The first kappa shape index (κ1) is 20.1. The maximum Gasteiger partial charge on any atom is 0.230 e. The van der Waals surface area contributed by atoms with E-state index in [1.165, 1.54) is 17.3 Å². The average Bonchev–Trinajstić information content (AvgIpc) is 2.72. The van der Waals surface area contributed by atoms with Gasteiger partial charge in [-0.3, -0.25) is 4.79 Å². The van der Waals surface area contributed by atoms with E-state index in [0.29, 0.717) is 30.5 Å². The van der Waals surface area contributed by atoms with Crippen LogP contribution in [0.15, 0.2) is 53.4 Å². The molecule has 0 aromatic heterocycles. The molecule has 0 bridgehead atoms. The Morgan fingerprint density at radius 3 is 2.44 bits per heavy atom. The lowest BCUT2D eigenvalue weighted by atomic mass is 9.74. The molecule has 1 heterocycles. The molecule has 0 radical (unpaired) electrons. The van der Waals surface area contributed by atoms with E-state index >= 15 is 0 Å². The third kappa shape index (κ3) is 5.41. The maximum atomic E-state index is 12.4. The smallest absolute Gasteiger partial charge is 0.230 e. The average molecular weight is 406 g/mol. The molecule has 6 heteroatoms. The van der Waals surface area contributed by atoms with E-state index in [1.807, 2.05) is 36.4 Å². The van der Waals surface area contributed by atoms with E-state index in [0.717, 1.165) is 23.5 Å². The minimum Gasteiger partial charge on any atom is -0.497 e. The normalized spacial score (nSPS) is 15.9. The van der Waals surface area contributed by atoms with Gasteiger partial charge in [0.1, 0.15) is 5.75 Å². The minimum atomic E-state index is -0.0921. The van der Waals surface area contributed by atoms with Gasteiger partial charge in [0, 0.05) is 35.1 Å². The molecule has 1 aliphatic heterocycles. The molecule has 144 valence electrons. The monoisotopic (exact) mass is 405 g/mol. The second kappa shape index (κ2) is 9.49. The summed E-state index contributed by atoms with van der Waals surface area (Å²) in [4.78, 5) is 13.4. The van der Waals surface area contributed by atoms with Gasteiger partial charge in [0.25, 0.3) is 0 Å². The summed E-state index contributed by atoms with van der Waals surface area (Å²) in [5, 5.41) is 3.83. The van der Waals surface area contributed by atoms with E-state index in [4.69, 9.17) is 21.1 Å². The summed E-state index contributed by atoms with van der Waals surface area (Å²) in [6.07, 6.45) is 1.79. The van der Waals surface area contributed by atoms with Gasteiger partial charge in [0.05, 0.1) is 12.9 Å². The molecule has 1 fully saturated rings. The lowest BCUT2D eigenvalue weighted by molar-refractivity contribution is -0.119. The van der Waals surface area contributed by atoms with E-state index in [9.17, 15) is 4.79 Å². The summed E-state index contributed by atoms with van der Waals surface area (Å²) in [7, 11) is 1.66. The molecule has 0 spiro atoms. The summed E-state index contributed by atoms with van der Waals surface area (Å²) in [5.41, 5.74) is 1.13. The van der Waals surface area contributed by atoms with Crippen LogP contribution in [0.3, 0.4) is 0 Å². The van der Waals surface area contributed by atoms with Crippen LogP contribution in [0.5, 0.6) is 5.75 Å². The zero-order valence-electron chi connectivity index (χ0n) is 15.4. The minimum absolute atomic E-state index is 0.0364.